The van der Waals surface area contributed by atoms with E-state index in [9.17, 15) is 9.59 Å². The van der Waals surface area contributed by atoms with Crippen LogP contribution >= 0.6 is 0 Å². The molecule has 6 nitrogen and oxygen atoms in total. The van der Waals surface area contributed by atoms with Gasteiger partial charge in [0.25, 0.3) is 0 Å². The Bertz CT molecular complexity index is 550. The third-order valence-corrected chi connectivity index (χ3v) is 3.14. The summed E-state index contributed by atoms with van der Waals surface area (Å²) in [6, 6.07) is 5.45. The Morgan fingerprint density at radius 2 is 2.00 bits per heavy atom. The van der Waals surface area contributed by atoms with Gasteiger partial charge in [-0.25, -0.2) is 4.98 Å². The summed E-state index contributed by atoms with van der Waals surface area (Å²) < 4.78 is 0. The quantitative estimate of drug-likeness (QED) is 0.723. The van der Waals surface area contributed by atoms with Crippen LogP contribution < -0.4 is 0 Å². The van der Waals surface area contributed by atoms with Crippen LogP contribution in [0.2, 0.25) is 0 Å². The number of hydrogen-bond donors (Lipinski definition) is 0. The van der Waals surface area contributed by atoms with Crippen molar-refractivity contribution >= 4 is 11.8 Å². The number of rotatable bonds is 3. The van der Waals surface area contributed by atoms with E-state index in [4.69, 9.17) is 5.26 Å². The van der Waals surface area contributed by atoms with E-state index in [0.29, 0.717) is 30.9 Å². The zero-order valence-corrected chi connectivity index (χ0v) is 10.7. The Morgan fingerprint density at radius 3 is 2.68 bits per heavy atom. The highest BCUT2D eigenvalue weighted by molar-refractivity contribution is 6.35. The zero-order chi connectivity index (χ0) is 13.8. The van der Waals surface area contributed by atoms with Crippen LogP contribution in [-0.4, -0.2) is 46.2 Å². The molecule has 1 aromatic heterocycles. The number of nitrogens with zero attached hydrogens (tertiary/aromatic N) is 4. The lowest BCUT2D eigenvalue weighted by Crippen LogP contribution is -2.53. The smallest absolute Gasteiger partial charge is 0.312 e. The summed E-state index contributed by atoms with van der Waals surface area (Å²) in [6.45, 7) is 3.64. The van der Waals surface area contributed by atoms with Crippen LogP contribution in [0.1, 0.15) is 18.2 Å². The second-order valence-corrected chi connectivity index (χ2v) is 4.23. The fraction of sp³-hybridized carbons (Fsp3) is 0.385. The van der Waals surface area contributed by atoms with Gasteiger partial charge in [-0.3, -0.25) is 9.59 Å². The van der Waals surface area contributed by atoms with E-state index >= 15 is 0 Å². The summed E-state index contributed by atoms with van der Waals surface area (Å²) in [5.74, 6) is -0.989. The maximum atomic E-state index is 11.9. The molecule has 0 saturated carbocycles. The molecule has 1 fully saturated rings. The minimum Gasteiger partial charge on any atom is -0.333 e. The number of hydrogen-bond acceptors (Lipinski definition) is 4. The number of pyridine rings is 1. The third kappa shape index (κ3) is 2.55. The highest BCUT2D eigenvalue weighted by Gasteiger charge is 2.31. The van der Waals surface area contributed by atoms with Gasteiger partial charge in [0.1, 0.15) is 11.8 Å². The fourth-order valence-corrected chi connectivity index (χ4v) is 2.04. The molecule has 1 saturated heterocycles. The first kappa shape index (κ1) is 13.0. The number of amides is 2. The van der Waals surface area contributed by atoms with Gasteiger partial charge in [-0.2, -0.15) is 5.26 Å². The molecule has 1 aromatic rings. The molecule has 0 aromatic carbocycles. The van der Waals surface area contributed by atoms with Crippen LogP contribution in [-0.2, 0) is 16.1 Å². The van der Waals surface area contributed by atoms with Gasteiger partial charge >= 0.3 is 11.8 Å². The van der Waals surface area contributed by atoms with E-state index in [1.807, 2.05) is 13.0 Å². The highest BCUT2D eigenvalue weighted by Crippen LogP contribution is 2.12. The van der Waals surface area contributed by atoms with Gasteiger partial charge in [-0.15, -0.1) is 0 Å². The van der Waals surface area contributed by atoms with Crippen molar-refractivity contribution in [3.63, 3.8) is 0 Å². The number of likely N-dealkylation sites (N-methyl/N-ethyl adjacent to an activating group) is 1. The molecule has 2 amide bonds. The molecule has 0 aliphatic carbocycles. The predicted octanol–water partition coefficient (Wildman–Crippen LogP) is 0.144. The average Bonchev–Trinajstić information content (AvgIpc) is 2.45. The fourth-order valence-electron chi connectivity index (χ4n) is 2.04. The molecular formula is C13H14N4O2. The van der Waals surface area contributed by atoms with Gasteiger partial charge in [0.15, 0.2) is 0 Å². The maximum absolute atomic E-state index is 11.9. The Morgan fingerprint density at radius 1 is 1.32 bits per heavy atom. The Hall–Kier alpha value is -2.42. The van der Waals surface area contributed by atoms with Gasteiger partial charge in [0.05, 0.1) is 0 Å². The van der Waals surface area contributed by atoms with Gasteiger partial charge in [0.2, 0.25) is 0 Å². The molecule has 0 N–H and O–H groups in total. The van der Waals surface area contributed by atoms with Crippen LogP contribution in [0.3, 0.4) is 0 Å². The van der Waals surface area contributed by atoms with Crippen LogP contribution in [0.4, 0.5) is 0 Å². The van der Waals surface area contributed by atoms with E-state index < -0.39 is 11.8 Å². The van der Waals surface area contributed by atoms with Crippen molar-refractivity contribution in [3.05, 3.63) is 29.6 Å². The number of aromatic nitrogens is 1. The van der Waals surface area contributed by atoms with Crippen molar-refractivity contribution in [3.8, 4) is 6.07 Å². The summed E-state index contributed by atoms with van der Waals surface area (Å²) in [5.41, 5.74) is 0.955. The van der Waals surface area contributed by atoms with E-state index in [-0.39, 0.29) is 6.54 Å². The molecule has 1 aliphatic rings. The van der Waals surface area contributed by atoms with Gasteiger partial charge < -0.3 is 9.80 Å². The number of carbonyl (C=O) groups excluding carboxylic acids is 2. The van der Waals surface area contributed by atoms with Gasteiger partial charge in [-0.05, 0) is 13.0 Å². The van der Waals surface area contributed by atoms with E-state index in [1.54, 1.807) is 12.1 Å². The first-order chi connectivity index (χ1) is 9.17. The predicted molar refractivity (Wildman–Crippen MR) is 66.6 cm³/mol. The topological polar surface area (TPSA) is 77.3 Å². The highest BCUT2D eigenvalue weighted by atomic mass is 16.2. The number of nitriles is 1. The third-order valence-electron chi connectivity index (χ3n) is 3.14. The number of carbonyl (C=O) groups is 2. The molecule has 98 valence electrons. The molecule has 2 rings (SSSR count). The van der Waals surface area contributed by atoms with Crippen LogP contribution in [0.5, 0.6) is 0 Å². The van der Waals surface area contributed by atoms with Crippen LogP contribution in [0.25, 0.3) is 0 Å². The Balaban J connectivity index is 2.15. The molecule has 0 bridgehead atoms. The van der Waals surface area contributed by atoms with Gasteiger partial charge in [0, 0.05) is 37.9 Å². The molecule has 0 spiro atoms. The summed E-state index contributed by atoms with van der Waals surface area (Å²) in [4.78, 5) is 30.6. The summed E-state index contributed by atoms with van der Waals surface area (Å²) in [6.07, 6.45) is 1.53. The number of piperazine rings is 1. The molecule has 19 heavy (non-hydrogen) atoms. The molecule has 0 unspecified atom stereocenters. The normalized spacial score (nSPS) is 15.6. The standard InChI is InChI=1S/C13H14N4O2/c1-2-16-6-7-17(13(19)12(16)18)9-10-4-3-5-15-11(10)8-14/h3-5H,2,6-7,9H2,1H3. The zero-order valence-electron chi connectivity index (χ0n) is 10.7. The van der Waals surface area contributed by atoms with E-state index in [1.165, 1.54) is 16.0 Å². The van der Waals surface area contributed by atoms with Crippen molar-refractivity contribution in [1.29, 1.82) is 5.26 Å². The first-order valence-electron chi connectivity index (χ1n) is 6.09. The minimum atomic E-state index is -0.513. The average molecular weight is 258 g/mol. The molecule has 1 aliphatic heterocycles. The van der Waals surface area contributed by atoms with Crippen LogP contribution in [0.15, 0.2) is 18.3 Å². The Labute approximate surface area is 111 Å². The molecular weight excluding hydrogens is 244 g/mol. The van der Waals surface area contributed by atoms with E-state index in [0.717, 1.165) is 0 Å². The minimum absolute atomic E-state index is 0.249. The monoisotopic (exact) mass is 258 g/mol. The SMILES string of the molecule is CCN1CCN(Cc2cccnc2C#N)C(=O)C1=O. The van der Waals surface area contributed by atoms with Crippen molar-refractivity contribution in [2.24, 2.45) is 0 Å². The van der Waals surface area contributed by atoms with E-state index in [2.05, 4.69) is 4.98 Å². The second kappa shape index (κ2) is 5.48. The largest absolute Gasteiger partial charge is 0.333 e. The lowest BCUT2D eigenvalue weighted by molar-refractivity contribution is -0.156. The molecule has 2 heterocycles. The molecule has 0 atom stereocenters. The summed E-state index contributed by atoms with van der Waals surface area (Å²) in [7, 11) is 0. The van der Waals surface area contributed by atoms with Crippen molar-refractivity contribution in [2.45, 2.75) is 13.5 Å². The second-order valence-electron chi connectivity index (χ2n) is 4.23. The lowest BCUT2D eigenvalue weighted by Gasteiger charge is -2.33. The van der Waals surface area contributed by atoms with Crippen molar-refractivity contribution in [2.75, 3.05) is 19.6 Å². The molecule has 0 radical (unpaired) electrons. The van der Waals surface area contributed by atoms with Crippen LogP contribution in [0, 0.1) is 11.3 Å². The van der Waals surface area contributed by atoms with Crippen molar-refractivity contribution < 1.29 is 9.59 Å². The maximum Gasteiger partial charge on any atom is 0.312 e. The Kier molecular flexibility index (Phi) is 3.76. The summed E-state index contributed by atoms with van der Waals surface area (Å²) >= 11 is 0. The lowest BCUT2D eigenvalue weighted by atomic mass is 10.1. The summed E-state index contributed by atoms with van der Waals surface area (Å²) in [5, 5.41) is 8.95. The molecule has 6 heteroatoms. The van der Waals surface area contributed by atoms with Crippen molar-refractivity contribution in [1.82, 2.24) is 14.8 Å². The first-order valence-corrected chi connectivity index (χ1v) is 6.09. The van der Waals surface area contributed by atoms with Gasteiger partial charge in [-0.1, -0.05) is 6.07 Å².